The number of carbonyl (C=O) groups is 1. The zero-order valence-electron chi connectivity index (χ0n) is 10.6. The molecule has 3 aromatic rings. The number of carbonyl (C=O) groups excluding carboxylic acids is 1. The summed E-state index contributed by atoms with van der Waals surface area (Å²) in [5, 5.41) is 0. The van der Waals surface area contributed by atoms with Gasteiger partial charge in [0.15, 0.2) is 5.78 Å². The molecule has 2 aromatic carbocycles. The quantitative estimate of drug-likeness (QED) is 0.564. The Hall–Kier alpha value is -2.67. The third kappa shape index (κ3) is 1.43. The van der Waals surface area contributed by atoms with E-state index in [4.69, 9.17) is 5.73 Å². The number of nitrogen functional groups attached to an aromatic ring is 1. The van der Waals surface area contributed by atoms with Crippen molar-refractivity contribution in [3.05, 3.63) is 53.6 Å². The summed E-state index contributed by atoms with van der Waals surface area (Å²) in [6, 6.07) is 11.5. The molecule has 7 heteroatoms. The first-order valence-corrected chi connectivity index (χ1v) is 7.61. The fourth-order valence-electron chi connectivity index (χ4n) is 2.59. The number of ketones is 1. The lowest BCUT2D eigenvalue weighted by molar-refractivity contribution is 0.103. The van der Waals surface area contributed by atoms with E-state index in [0.717, 1.165) is 3.97 Å². The maximum absolute atomic E-state index is 12.5. The van der Waals surface area contributed by atoms with Crippen LogP contribution in [0, 0.1) is 0 Å². The number of nitrogens with two attached hydrogens (primary N) is 1. The van der Waals surface area contributed by atoms with Crippen LogP contribution in [0.15, 0.2) is 47.4 Å². The molecule has 0 fully saturated rings. The van der Waals surface area contributed by atoms with Crippen molar-refractivity contribution in [2.75, 3.05) is 5.73 Å². The summed E-state index contributed by atoms with van der Waals surface area (Å²) in [6.07, 6.45) is 0. The normalized spacial score (nSPS) is 14.9. The number of fused-ring (bicyclic) bond motifs is 1. The molecule has 0 unspecified atom stereocenters. The van der Waals surface area contributed by atoms with Gasteiger partial charge in [0.2, 0.25) is 5.95 Å². The Kier molecular flexibility index (Phi) is 2.13. The average molecular weight is 299 g/mol. The molecule has 0 radical (unpaired) electrons. The SMILES string of the molecule is Nc1nc2cc3c(C(=O)c4ccccc4)cc2n1S3(=O)=O. The van der Waals surface area contributed by atoms with E-state index in [0.29, 0.717) is 16.6 Å². The van der Waals surface area contributed by atoms with Crippen molar-refractivity contribution in [2.24, 2.45) is 0 Å². The fourth-order valence-corrected chi connectivity index (χ4v) is 4.17. The van der Waals surface area contributed by atoms with Gasteiger partial charge in [-0.2, -0.15) is 0 Å². The van der Waals surface area contributed by atoms with Gasteiger partial charge >= 0.3 is 0 Å². The molecule has 0 saturated carbocycles. The van der Waals surface area contributed by atoms with Crippen molar-refractivity contribution in [2.45, 2.75) is 4.90 Å². The fraction of sp³-hybridized carbons (Fsp3) is 0. The number of aromatic nitrogens is 2. The summed E-state index contributed by atoms with van der Waals surface area (Å²) >= 11 is 0. The molecule has 0 aliphatic carbocycles. The van der Waals surface area contributed by atoms with Gasteiger partial charge in [-0.15, -0.1) is 0 Å². The lowest BCUT2D eigenvalue weighted by atomic mass is 10.0. The van der Waals surface area contributed by atoms with E-state index >= 15 is 0 Å². The average Bonchev–Trinajstić information content (AvgIpc) is 2.77. The van der Waals surface area contributed by atoms with Gasteiger partial charge in [0.1, 0.15) is 4.90 Å². The smallest absolute Gasteiger partial charge is 0.271 e. The lowest BCUT2D eigenvalue weighted by Crippen LogP contribution is -2.22. The number of rotatable bonds is 2. The standard InChI is InChI=1S/C14H9N3O3S/c15-14-16-10-7-12-9(6-11(10)17(14)21(12,19)20)13(18)8-4-2-1-3-5-8/h1-7H,(H2,15,16). The highest BCUT2D eigenvalue weighted by Gasteiger charge is 2.35. The molecule has 2 aliphatic rings. The number of hydrogen-bond acceptors (Lipinski definition) is 5. The van der Waals surface area contributed by atoms with Crippen molar-refractivity contribution in [3.63, 3.8) is 0 Å². The summed E-state index contributed by atoms with van der Waals surface area (Å²) in [5.41, 5.74) is 7.02. The van der Waals surface area contributed by atoms with E-state index < -0.39 is 10.0 Å². The van der Waals surface area contributed by atoms with Gasteiger partial charge in [0.25, 0.3) is 10.0 Å². The van der Waals surface area contributed by atoms with Crippen molar-refractivity contribution in [3.8, 4) is 0 Å². The van der Waals surface area contributed by atoms with E-state index in [-0.39, 0.29) is 22.2 Å². The van der Waals surface area contributed by atoms with Gasteiger partial charge in [0.05, 0.1) is 11.0 Å². The Labute approximate surface area is 119 Å². The number of nitrogens with zero attached hydrogens (tertiary/aromatic N) is 2. The third-order valence-electron chi connectivity index (χ3n) is 3.54. The molecule has 2 N–H and O–H groups in total. The number of imidazole rings is 1. The minimum atomic E-state index is -3.83. The number of anilines is 1. The Bertz CT molecular complexity index is 1020. The highest BCUT2D eigenvalue weighted by Crippen LogP contribution is 2.36. The third-order valence-corrected chi connectivity index (χ3v) is 5.30. The van der Waals surface area contributed by atoms with Crippen LogP contribution in [-0.4, -0.2) is 23.2 Å². The van der Waals surface area contributed by atoms with Crippen LogP contribution in [0.1, 0.15) is 15.9 Å². The molecular formula is C14H9N3O3S. The van der Waals surface area contributed by atoms with Gasteiger partial charge in [-0.3, -0.25) is 4.79 Å². The van der Waals surface area contributed by atoms with Crippen LogP contribution >= 0.6 is 0 Å². The molecule has 1 aromatic heterocycles. The lowest BCUT2D eigenvalue weighted by Gasteiger charge is -2.17. The summed E-state index contributed by atoms with van der Waals surface area (Å²) in [5.74, 6) is -0.421. The maximum atomic E-state index is 12.5. The molecule has 0 atom stereocenters. The van der Waals surface area contributed by atoms with E-state index in [9.17, 15) is 13.2 Å². The summed E-state index contributed by atoms with van der Waals surface area (Å²) in [7, 11) is -3.83. The monoisotopic (exact) mass is 299 g/mol. The Morgan fingerprint density at radius 2 is 1.86 bits per heavy atom. The summed E-state index contributed by atoms with van der Waals surface area (Å²) in [6.45, 7) is 0. The van der Waals surface area contributed by atoms with Gasteiger partial charge in [-0.25, -0.2) is 17.4 Å². The Morgan fingerprint density at radius 3 is 2.57 bits per heavy atom. The predicted molar refractivity (Wildman–Crippen MR) is 76.6 cm³/mol. The minimum Gasteiger partial charge on any atom is -0.368 e. The molecule has 0 amide bonds. The van der Waals surface area contributed by atoms with Crippen LogP contribution in [0.5, 0.6) is 0 Å². The highest BCUT2D eigenvalue weighted by molar-refractivity contribution is 7.90. The summed E-state index contributed by atoms with van der Waals surface area (Å²) in [4.78, 5) is 16.4. The molecule has 0 spiro atoms. The van der Waals surface area contributed by atoms with E-state index in [2.05, 4.69) is 4.98 Å². The molecule has 21 heavy (non-hydrogen) atoms. The van der Waals surface area contributed by atoms with Crippen LogP contribution in [0.3, 0.4) is 0 Å². The van der Waals surface area contributed by atoms with Crippen LogP contribution < -0.4 is 5.73 Å². The second-order valence-corrected chi connectivity index (χ2v) is 6.53. The topological polar surface area (TPSA) is 95.0 Å². The van der Waals surface area contributed by atoms with Gasteiger partial charge < -0.3 is 5.73 Å². The second-order valence-electron chi connectivity index (χ2n) is 4.77. The minimum absolute atomic E-state index is 0.0504. The van der Waals surface area contributed by atoms with Gasteiger partial charge in [0, 0.05) is 11.1 Å². The van der Waals surface area contributed by atoms with E-state index in [1.807, 2.05) is 0 Å². The van der Waals surface area contributed by atoms with Crippen molar-refractivity contribution < 1.29 is 13.2 Å². The van der Waals surface area contributed by atoms with Crippen molar-refractivity contribution in [1.82, 2.24) is 8.96 Å². The molecule has 5 rings (SSSR count). The van der Waals surface area contributed by atoms with Crippen LogP contribution in [-0.2, 0) is 10.0 Å². The first kappa shape index (κ1) is 12.1. The summed E-state index contributed by atoms with van der Waals surface area (Å²) < 4.78 is 25.9. The van der Waals surface area contributed by atoms with Crippen molar-refractivity contribution >= 4 is 32.8 Å². The molecule has 3 heterocycles. The molecule has 4 bridgehead atoms. The Balaban J connectivity index is 2.03. The molecule has 2 aliphatic heterocycles. The maximum Gasteiger partial charge on any atom is 0.271 e. The predicted octanol–water partition coefficient (Wildman–Crippen LogP) is 1.40. The largest absolute Gasteiger partial charge is 0.368 e. The molecule has 104 valence electrons. The number of hydrogen-bond donors (Lipinski definition) is 1. The molecule has 6 nitrogen and oxygen atoms in total. The van der Waals surface area contributed by atoms with Crippen LogP contribution in [0.2, 0.25) is 0 Å². The van der Waals surface area contributed by atoms with Crippen molar-refractivity contribution in [1.29, 1.82) is 0 Å². The first-order chi connectivity index (χ1) is 10.00. The highest BCUT2D eigenvalue weighted by atomic mass is 32.2. The van der Waals surface area contributed by atoms with E-state index in [1.54, 1.807) is 30.3 Å². The van der Waals surface area contributed by atoms with E-state index in [1.165, 1.54) is 12.1 Å². The van der Waals surface area contributed by atoms with Gasteiger partial charge in [-0.1, -0.05) is 30.3 Å². The van der Waals surface area contributed by atoms with Crippen LogP contribution in [0.25, 0.3) is 11.0 Å². The first-order valence-electron chi connectivity index (χ1n) is 6.17. The Morgan fingerprint density at radius 1 is 1.14 bits per heavy atom. The molecule has 0 saturated heterocycles. The van der Waals surface area contributed by atoms with Crippen LogP contribution in [0.4, 0.5) is 5.95 Å². The zero-order valence-corrected chi connectivity index (χ0v) is 11.5. The zero-order chi connectivity index (χ0) is 14.8. The second kappa shape index (κ2) is 3.70. The van der Waals surface area contributed by atoms with Gasteiger partial charge in [-0.05, 0) is 12.1 Å². The number of benzene rings is 2. The molecular weight excluding hydrogens is 290 g/mol.